The molecule has 0 spiro atoms. The average molecular weight is 358 g/mol. The van der Waals surface area contributed by atoms with Gasteiger partial charge in [0, 0.05) is 17.3 Å². The summed E-state index contributed by atoms with van der Waals surface area (Å²) in [7, 11) is 0. The molecule has 0 unspecified atom stereocenters. The number of rotatable bonds is 6. The summed E-state index contributed by atoms with van der Waals surface area (Å²) in [6.45, 7) is 2.10. The summed E-state index contributed by atoms with van der Waals surface area (Å²) in [4.78, 5) is 10.8. The van der Waals surface area contributed by atoms with Crippen molar-refractivity contribution in [3.63, 3.8) is 0 Å². The fraction of sp³-hybridized carbons (Fsp3) is 0.533. The first-order valence-electron chi connectivity index (χ1n) is 6.45. The van der Waals surface area contributed by atoms with Crippen molar-refractivity contribution in [2.75, 3.05) is 11.0 Å². The number of benzene rings is 1. The standard InChI is InChI=1S/C15H19IO2/c1-11(17)18-10-15-13(14(15)9-16)8-7-12-5-3-2-4-6-12/h2-6,13-15H,7-10H2,1H3/t13-,14-,15+/m1/s1. The van der Waals surface area contributed by atoms with E-state index in [2.05, 4.69) is 52.9 Å². The van der Waals surface area contributed by atoms with Crippen molar-refractivity contribution in [1.29, 1.82) is 0 Å². The maximum Gasteiger partial charge on any atom is 0.302 e. The predicted molar refractivity (Wildman–Crippen MR) is 80.8 cm³/mol. The second-order valence-corrected chi connectivity index (χ2v) is 5.85. The maximum absolute atomic E-state index is 10.8. The minimum absolute atomic E-state index is 0.157. The zero-order valence-corrected chi connectivity index (χ0v) is 12.8. The second kappa shape index (κ2) is 6.55. The highest BCUT2D eigenvalue weighted by atomic mass is 127. The Morgan fingerprint density at radius 1 is 1.22 bits per heavy atom. The number of esters is 1. The molecule has 1 aliphatic rings. The molecule has 18 heavy (non-hydrogen) atoms. The Morgan fingerprint density at radius 2 is 1.94 bits per heavy atom. The summed E-state index contributed by atoms with van der Waals surface area (Å²) in [6, 6.07) is 10.6. The first kappa shape index (κ1) is 13.8. The average Bonchev–Trinajstić information content (AvgIpc) is 3.07. The Morgan fingerprint density at radius 3 is 2.56 bits per heavy atom. The zero-order valence-electron chi connectivity index (χ0n) is 10.6. The molecule has 2 rings (SSSR count). The van der Waals surface area contributed by atoms with Crippen molar-refractivity contribution in [3.05, 3.63) is 35.9 Å². The van der Waals surface area contributed by atoms with Crippen molar-refractivity contribution in [3.8, 4) is 0 Å². The number of halogens is 1. The molecule has 1 aliphatic carbocycles. The minimum atomic E-state index is -0.157. The number of alkyl halides is 1. The van der Waals surface area contributed by atoms with Crippen LogP contribution in [0.25, 0.3) is 0 Å². The molecule has 3 atom stereocenters. The first-order valence-corrected chi connectivity index (χ1v) is 7.98. The lowest BCUT2D eigenvalue weighted by atomic mass is 10.1. The van der Waals surface area contributed by atoms with Gasteiger partial charge < -0.3 is 4.74 Å². The Kier molecular flexibility index (Phi) is 5.03. The van der Waals surface area contributed by atoms with Crippen LogP contribution in [0.4, 0.5) is 0 Å². The van der Waals surface area contributed by atoms with Gasteiger partial charge in [0.2, 0.25) is 0 Å². The van der Waals surface area contributed by atoms with Gasteiger partial charge in [-0.2, -0.15) is 0 Å². The summed E-state index contributed by atoms with van der Waals surface area (Å²) < 4.78 is 6.31. The van der Waals surface area contributed by atoms with Crippen LogP contribution < -0.4 is 0 Å². The first-order chi connectivity index (χ1) is 8.72. The van der Waals surface area contributed by atoms with E-state index in [-0.39, 0.29) is 5.97 Å². The van der Waals surface area contributed by atoms with E-state index in [0.29, 0.717) is 12.5 Å². The van der Waals surface area contributed by atoms with Gasteiger partial charge in [0.1, 0.15) is 0 Å². The lowest BCUT2D eigenvalue weighted by molar-refractivity contribution is -0.141. The highest BCUT2D eigenvalue weighted by Crippen LogP contribution is 2.50. The van der Waals surface area contributed by atoms with Crippen LogP contribution >= 0.6 is 22.6 Å². The van der Waals surface area contributed by atoms with Crippen LogP contribution in [0.1, 0.15) is 18.9 Å². The minimum Gasteiger partial charge on any atom is -0.466 e. The molecule has 98 valence electrons. The number of hydrogen-bond acceptors (Lipinski definition) is 2. The Labute approximate surface area is 122 Å². The normalized spacial score (nSPS) is 25.8. The zero-order chi connectivity index (χ0) is 13.0. The van der Waals surface area contributed by atoms with Gasteiger partial charge in [0.25, 0.3) is 0 Å². The van der Waals surface area contributed by atoms with E-state index in [4.69, 9.17) is 4.74 Å². The smallest absolute Gasteiger partial charge is 0.302 e. The Hall–Kier alpha value is -0.580. The molecule has 0 radical (unpaired) electrons. The topological polar surface area (TPSA) is 26.3 Å². The number of ether oxygens (including phenoxy) is 1. The van der Waals surface area contributed by atoms with Crippen LogP contribution in [0.3, 0.4) is 0 Å². The monoisotopic (exact) mass is 358 g/mol. The molecule has 0 heterocycles. The van der Waals surface area contributed by atoms with Crippen LogP contribution in [0.5, 0.6) is 0 Å². The number of hydrogen-bond donors (Lipinski definition) is 0. The molecule has 1 aromatic rings. The van der Waals surface area contributed by atoms with Gasteiger partial charge in [-0.15, -0.1) is 0 Å². The highest BCUT2D eigenvalue weighted by Gasteiger charge is 2.48. The molecular formula is C15H19IO2. The molecule has 1 saturated carbocycles. The van der Waals surface area contributed by atoms with Gasteiger partial charge in [-0.3, -0.25) is 4.79 Å². The van der Waals surface area contributed by atoms with E-state index in [0.717, 1.165) is 18.3 Å². The maximum atomic E-state index is 10.8. The van der Waals surface area contributed by atoms with Crippen LogP contribution in [0.2, 0.25) is 0 Å². The van der Waals surface area contributed by atoms with Gasteiger partial charge in [-0.05, 0) is 30.2 Å². The van der Waals surface area contributed by atoms with Crippen LogP contribution in [-0.4, -0.2) is 17.0 Å². The molecule has 1 aromatic carbocycles. The van der Waals surface area contributed by atoms with Crippen molar-refractivity contribution in [2.24, 2.45) is 17.8 Å². The molecule has 1 fully saturated rings. The van der Waals surface area contributed by atoms with Crippen molar-refractivity contribution < 1.29 is 9.53 Å². The second-order valence-electron chi connectivity index (χ2n) is 4.97. The molecule has 0 aromatic heterocycles. The third-order valence-electron chi connectivity index (χ3n) is 3.78. The fourth-order valence-electron chi connectivity index (χ4n) is 2.62. The largest absolute Gasteiger partial charge is 0.466 e. The lowest BCUT2D eigenvalue weighted by Gasteiger charge is -2.02. The molecule has 0 amide bonds. The third-order valence-corrected chi connectivity index (χ3v) is 4.79. The Bertz CT molecular complexity index is 391. The molecule has 0 saturated heterocycles. The van der Waals surface area contributed by atoms with Gasteiger partial charge in [-0.1, -0.05) is 52.9 Å². The van der Waals surface area contributed by atoms with Crippen LogP contribution in [0.15, 0.2) is 30.3 Å². The summed E-state index contributed by atoms with van der Waals surface area (Å²) in [5.74, 6) is 1.92. The van der Waals surface area contributed by atoms with E-state index in [1.54, 1.807) is 0 Å². The molecule has 0 aliphatic heterocycles. The number of carbonyl (C=O) groups is 1. The summed E-state index contributed by atoms with van der Waals surface area (Å²) in [5, 5.41) is 0. The van der Waals surface area contributed by atoms with Crippen LogP contribution in [0, 0.1) is 17.8 Å². The predicted octanol–water partition coefficient (Wildman–Crippen LogP) is 3.48. The number of carbonyl (C=O) groups excluding carboxylic acids is 1. The summed E-state index contributed by atoms with van der Waals surface area (Å²) in [5.41, 5.74) is 1.41. The SMILES string of the molecule is CC(=O)OC[C@@H]1[C@H](CI)[C@H]1CCc1ccccc1. The third kappa shape index (κ3) is 3.70. The van der Waals surface area contributed by atoms with Crippen molar-refractivity contribution in [2.45, 2.75) is 19.8 Å². The molecule has 2 nitrogen and oxygen atoms in total. The fourth-order valence-corrected chi connectivity index (χ4v) is 3.93. The molecule has 0 N–H and O–H groups in total. The molecule has 0 bridgehead atoms. The lowest BCUT2D eigenvalue weighted by Crippen LogP contribution is -2.04. The van der Waals surface area contributed by atoms with Gasteiger partial charge in [0.05, 0.1) is 6.61 Å². The van der Waals surface area contributed by atoms with Gasteiger partial charge in [0.15, 0.2) is 0 Å². The number of aryl methyl sites for hydroxylation is 1. The van der Waals surface area contributed by atoms with E-state index in [1.807, 2.05) is 0 Å². The van der Waals surface area contributed by atoms with E-state index in [9.17, 15) is 4.79 Å². The van der Waals surface area contributed by atoms with Gasteiger partial charge >= 0.3 is 5.97 Å². The summed E-state index contributed by atoms with van der Waals surface area (Å²) >= 11 is 2.44. The Balaban J connectivity index is 1.77. The van der Waals surface area contributed by atoms with Crippen molar-refractivity contribution in [1.82, 2.24) is 0 Å². The van der Waals surface area contributed by atoms with E-state index < -0.39 is 0 Å². The quantitative estimate of drug-likeness (QED) is 0.442. The molecule has 3 heteroatoms. The van der Waals surface area contributed by atoms with Crippen molar-refractivity contribution >= 4 is 28.6 Å². The molecular weight excluding hydrogens is 339 g/mol. The van der Waals surface area contributed by atoms with Gasteiger partial charge in [-0.25, -0.2) is 0 Å². The van der Waals surface area contributed by atoms with Crippen LogP contribution in [-0.2, 0) is 16.0 Å². The van der Waals surface area contributed by atoms with E-state index >= 15 is 0 Å². The summed E-state index contributed by atoms with van der Waals surface area (Å²) in [6.07, 6.45) is 2.35. The highest BCUT2D eigenvalue weighted by molar-refractivity contribution is 14.1. The van der Waals surface area contributed by atoms with E-state index in [1.165, 1.54) is 23.3 Å².